The number of halogens is 2. The highest BCUT2D eigenvalue weighted by molar-refractivity contribution is 5.85. The number of ether oxygens (including phenoxy) is 1. The number of carbonyl (C=O) groups is 1. The molecule has 1 amide bonds. The molecular formula is C30H37Cl2N3O2. The van der Waals surface area contributed by atoms with Crippen LogP contribution in [0.15, 0.2) is 84.9 Å². The lowest BCUT2D eigenvalue weighted by atomic mass is 9.94. The number of benzene rings is 3. The van der Waals surface area contributed by atoms with Crippen molar-refractivity contribution in [3.63, 3.8) is 0 Å². The maximum Gasteiger partial charge on any atom is 0.225 e. The Morgan fingerprint density at radius 3 is 1.70 bits per heavy atom. The molecule has 2 fully saturated rings. The third-order valence-corrected chi connectivity index (χ3v) is 7.18. The van der Waals surface area contributed by atoms with E-state index >= 15 is 0 Å². The molecule has 2 saturated heterocycles. The van der Waals surface area contributed by atoms with E-state index in [0.717, 1.165) is 76.7 Å². The van der Waals surface area contributed by atoms with E-state index in [-0.39, 0.29) is 30.7 Å². The van der Waals surface area contributed by atoms with Gasteiger partial charge in [-0.2, -0.15) is 0 Å². The van der Waals surface area contributed by atoms with E-state index < -0.39 is 0 Å². The monoisotopic (exact) mass is 541 g/mol. The Balaban J connectivity index is 0.00000190. The summed E-state index contributed by atoms with van der Waals surface area (Å²) in [5.74, 6) is 2.25. The van der Waals surface area contributed by atoms with Crippen molar-refractivity contribution in [3.05, 3.63) is 96.1 Å². The third-order valence-electron chi connectivity index (χ3n) is 7.18. The van der Waals surface area contributed by atoms with E-state index in [9.17, 15) is 4.79 Å². The molecule has 0 N–H and O–H groups in total. The zero-order valence-electron chi connectivity index (χ0n) is 21.2. The molecule has 198 valence electrons. The topological polar surface area (TPSA) is 36.0 Å². The van der Waals surface area contributed by atoms with Crippen LogP contribution in [0.1, 0.15) is 24.0 Å². The number of nitrogens with zero attached hydrogens (tertiary/aromatic N) is 3. The Hall–Kier alpha value is -2.57. The summed E-state index contributed by atoms with van der Waals surface area (Å²) in [5.41, 5.74) is 2.63. The molecule has 2 heterocycles. The van der Waals surface area contributed by atoms with Crippen molar-refractivity contribution in [1.82, 2.24) is 14.7 Å². The number of piperazine rings is 1. The standard InChI is InChI=1S/C30H35N3O2.2ClH/c34-30(33-21-19-32(20-22-33)23-25-7-3-1-4-8-25)27-15-17-31(18-16-27)24-26-11-13-29(14-12-26)35-28-9-5-2-6-10-28;;/h1-14,27H,15-24H2;2*1H. The molecule has 5 rings (SSSR count). The van der Waals surface area contributed by atoms with Crippen molar-refractivity contribution in [3.8, 4) is 11.5 Å². The molecule has 0 spiro atoms. The smallest absolute Gasteiger partial charge is 0.225 e. The van der Waals surface area contributed by atoms with Crippen molar-refractivity contribution < 1.29 is 9.53 Å². The summed E-state index contributed by atoms with van der Waals surface area (Å²) in [4.78, 5) is 20.2. The maximum absolute atomic E-state index is 13.1. The first-order valence-corrected chi connectivity index (χ1v) is 12.8. The molecule has 2 aliphatic rings. The molecular weight excluding hydrogens is 505 g/mol. The van der Waals surface area contributed by atoms with Gasteiger partial charge in [0.05, 0.1) is 0 Å². The van der Waals surface area contributed by atoms with Gasteiger partial charge in [0.25, 0.3) is 0 Å². The molecule has 5 nitrogen and oxygen atoms in total. The number of likely N-dealkylation sites (tertiary alicyclic amines) is 1. The zero-order chi connectivity index (χ0) is 23.9. The van der Waals surface area contributed by atoms with Crippen LogP contribution in [-0.4, -0.2) is 59.9 Å². The van der Waals surface area contributed by atoms with Crippen molar-refractivity contribution in [1.29, 1.82) is 0 Å². The van der Waals surface area contributed by atoms with Crippen molar-refractivity contribution in [2.45, 2.75) is 25.9 Å². The number of carbonyl (C=O) groups excluding carboxylic acids is 1. The second-order valence-electron chi connectivity index (χ2n) is 9.70. The first-order valence-electron chi connectivity index (χ1n) is 12.8. The lowest BCUT2D eigenvalue weighted by Gasteiger charge is -2.38. The number of amides is 1. The summed E-state index contributed by atoms with van der Waals surface area (Å²) in [6.07, 6.45) is 1.91. The number of piperidine rings is 1. The van der Waals surface area contributed by atoms with Crippen LogP contribution in [0.3, 0.4) is 0 Å². The highest BCUT2D eigenvalue weighted by Crippen LogP contribution is 2.24. The Morgan fingerprint density at radius 1 is 0.622 bits per heavy atom. The fourth-order valence-corrected chi connectivity index (χ4v) is 5.11. The Labute approximate surface area is 233 Å². The minimum absolute atomic E-state index is 0. The van der Waals surface area contributed by atoms with Crippen LogP contribution < -0.4 is 4.74 Å². The average Bonchev–Trinajstić information content (AvgIpc) is 2.91. The summed E-state index contributed by atoms with van der Waals surface area (Å²) < 4.78 is 5.90. The lowest BCUT2D eigenvalue weighted by Crippen LogP contribution is -2.51. The van der Waals surface area contributed by atoms with Gasteiger partial charge < -0.3 is 9.64 Å². The van der Waals surface area contributed by atoms with Crippen LogP contribution in [-0.2, 0) is 17.9 Å². The number of para-hydroxylation sites is 1. The van der Waals surface area contributed by atoms with Gasteiger partial charge in [-0.1, -0.05) is 60.7 Å². The number of hydrogen-bond donors (Lipinski definition) is 0. The van der Waals surface area contributed by atoms with Crippen LogP contribution in [0.2, 0.25) is 0 Å². The fraction of sp³-hybridized carbons (Fsp3) is 0.367. The van der Waals surface area contributed by atoms with Gasteiger partial charge in [0.1, 0.15) is 11.5 Å². The van der Waals surface area contributed by atoms with Gasteiger partial charge >= 0.3 is 0 Å². The van der Waals surface area contributed by atoms with Crippen molar-refractivity contribution in [2.24, 2.45) is 5.92 Å². The van der Waals surface area contributed by atoms with E-state index in [2.05, 4.69) is 57.2 Å². The highest BCUT2D eigenvalue weighted by atomic mass is 35.5. The van der Waals surface area contributed by atoms with Gasteiger partial charge in [-0.05, 0) is 61.3 Å². The van der Waals surface area contributed by atoms with Gasteiger partial charge in [0, 0.05) is 45.2 Å². The molecule has 2 aliphatic heterocycles. The minimum Gasteiger partial charge on any atom is -0.457 e. The molecule has 0 bridgehead atoms. The molecule has 7 heteroatoms. The molecule has 0 atom stereocenters. The second kappa shape index (κ2) is 14.4. The first-order chi connectivity index (χ1) is 17.2. The van der Waals surface area contributed by atoms with Gasteiger partial charge in [0.15, 0.2) is 0 Å². The molecule has 3 aromatic carbocycles. The normalized spacial score (nSPS) is 16.9. The molecule has 0 radical (unpaired) electrons. The lowest BCUT2D eigenvalue weighted by molar-refractivity contribution is -0.139. The van der Waals surface area contributed by atoms with Crippen LogP contribution in [0.25, 0.3) is 0 Å². The Kier molecular flexibility index (Phi) is 11.3. The molecule has 0 unspecified atom stereocenters. The molecule has 0 aromatic heterocycles. The Bertz CT molecular complexity index is 1070. The quantitative estimate of drug-likeness (QED) is 0.374. The SMILES string of the molecule is Cl.Cl.O=C(C1CCN(Cc2ccc(Oc3ccccc3)cc2)CC1)N1CCN(Cc2ccccc2)CC1. The summed E-state index contributed by atoms with van der Waals surface area (Å²) >= 11 is 0. The van der Waals surface area contributed by atoms with Gasteiger partial charge in [-0.15, -0.1) is 24.8 Å². The number of hydrogen-bond acceptors (Lipinski definition) is 4. The van der Waals surface area contributed by atoms with E-state index in [1.807, 2.05) is 42.5 Å². The second-order valence-corrected chi connectivity index (χ2v) is 9.70. The van der Waals surface area contributed by atoms with E-state index in [0.29, 0.717) is 5.91 Å². The van der Waals surface area contributed by atoms with Crippen molar-refractivity contribution >= 4 is 30.7 Å². The first kappa shape index (κ1) is 29.0. The van der Waals surface area contributed by atoms with Crippen LogP contribution in [0.4, 0.5) is 0 Å². The minimum atomic E-state index is 0. The van der Waals surface area contributed by atoms with Crippen LogP contribution in [0, 0.1) is 5.92 Å². The molecule has 0 aliphatic carbocycles. The maximum atomic E-state index is 13.1. The predicted octanol–water partition coefficient (Wildman–Crippen LogP) is 5.88. The van der Waals surface area contributed by atoms with E-state index in [1.165, 1.54) is 11.1 Å². The summed E-state index contributed by atoms with van der Waals surface area (Å²) in [5, 5.41) is 0. The fourth-order valence-electron chi connectivity index (χ4n) is 5.11. The molecule has 3 aromatic rings. The van der Waals surface area contributed by atoms with E-state index in [4.69, 9.17) is 4.74 Å². The number of rotatable bonds is 7. The van der Waals surface area contributed by atoms with Gasteiger partial charge in [0.2, 0.25) is 5.91 Å². The Morgan fingerprint density at radius 2 is 1.11 bits per heavy atom. The third kappa shape index (κ3) is 8.21. The average molecular weight is 543 g/mol. The van der Waals surface area contributed by atoms with Gasteiger partial charge in [-0.3, -0.25) is 14.6 Å². The summed E-state index contributed by atoms with van der Waals surface area (Å²) in [6, 6.07) is 28.8. The van der Waals surface area contributed by atoms with E-state index in [1.54, 1.807) is 0 Å². The summed E-state index contributed by atoms with van der Waals surface area (Å²) in [6.45, 7) is 7.48. The highest BCUT2D eigenvalue weighted by Gasteiger charge is 2.30. The molecule has 0 saturated carbocycles. The predicted molar refractivity (Wildman–Crippen MR) is 154 cm³/mol. The zero-order valence-corrected chi connectivity index (χ0v) is 22.8. The van der Waals surface area contributed by atoms with Crippen LogP contribution >= 0.6 is 24.8 Å². The molecule has 37 heavy (non-hydrogen) atoms. The van der Waals surface area contributed by atoms with Gasteiger partial charge in [-0.25, -0.2) is 0 Å². The largest absolute Gasteiger partial charge is 0.457 e. The summed E-state index contributed by atoms with van der Waals surface area (Å²) in [7, 11) is 0. The van der Waals surface area contributed by atoms with Crippen LogP contribution in [0.5, 0.6) is 11.5 Å². The van der Waals surface area contributed by atoms with Crippen molar-refractivity contribution in [2.75, 3.05) is 39.3 Å².